The Morgan fingerprint density at radius 3 is 2.12 bits per heavy atom. The first-order chi connectivity index (χ1) is 11.0. The van der Waals surface area contributed by atoms with E-state index in [4.69, 9.17) is 10.2 Å². The molecule has 0 saturated carbocycles. The zero-order chi connectivity index (χ0) is 18.1. The average Bonchev–Trinajstić information content (AvgIpc) is 2.46. The number of nitrogens with two attached hydrogens (primary N) is 1. The van der Waals surface area contributed by atoms with Gasteiger partial charge in [-0.25, -0.2) is 31.2 Å². The van der Waals surface area contributed by atoms with Crippen molar-refractivity contribution < 1.29 is 31.1 Å². The van der Waals surface area contributed by atoms with Crippen LogP contribution in [0, 0.1) is 5.82 Å². The summed E-state index contributed by atoms with van der Waals surface area (Å²) in [6.45, 7) is 0. The Balaban J connectivity index is 2.39. The molecule has 0 unspecified atom stereocenters. The fraction of sp³-hybridized carbons (Fsp3) is 0. The topological polar surface area (TPSA) is 144 Å². The van der Waals surface area contributed by atoms with Gasteiger partial charge in [0.2, 0.25) is 10.0 Å². The van der Waals surface area contributed by atoms with Crippen molar-refractivity contribution in [3.63, 3.8) is 0 Å². The number of aromatic carboxylic acids is 1. The summed E-state index contributed by atoms with van der Waals surface area (Å²) in [5, 5.41) is 13.8. The van der Waals surface area contributed by atoms with E-state index in [0.29, 0.717) is 6.07 Å². The zero-order valence-corrected chi connectivity index (χ0v) is 13.4. The Kier molecular flexibility index (Phi) is 4.60. The van der Waals surface area contributed by atoms with Crippen molar-refractivity contribution in [1.82, 2.24) is 0 Å². The highest BCUT2D eigenvalue weighted by Gasteiger charge is 2.21. The summed E-state index contributed by atoms with van der Waals surface area (Å²) < 4.78 is 62.4. The number of nitrogens with one attached hydrogen (secondary N) is 1. The van der Waals surface area contributed by atoms with Gasteiger partial charge in [-0.1, -0.05) is 0 Å². The van der Waals surface area contributed by atoms with E-state index in [0.717, 1.165) is 36.4 Å². The number of sulfonamides is 2. The molecule has 11 heteroatoms. The minimum absolute atomic E-state index is 0.0532. The van der Waals surface area contributed by atoms with E-state index in [1.54, 1.807) is 0 Å². The van der Waals surface area contributed by atoms with Crippen molar-refractivity contribution in [3.05, 3.63) is 53.8 Å². The molecule has 24 heavy (non-hydrogen) atoms. The lowest BCUT2D eigenvalue weighted by atomic mass is 10.2. The number of carbonyl (C=O) groups is 1. The number of primary sulfonamides is 1. The summed E-state index contributed by atoms with van der Waals surface area (Å²) >= 11 is 0. The summed E-state index contributed by atoms with van der Waals surface area (Å²) in [7, 11) is -8.36. The van der Waals surface area contributed by atoms with Gasteiger partial charge < -0.3 is 5.11 Å². The largest absolute Gasteiger partial charge is 0.478 e. The molecular weight excluding hydrogens is 363 g/mol. The van der Waals surface area contributed by atoms with Crippen molar-refractivity contribution in [2.45, 2.75) is 9.79 Å². The molecule has 4 N–H and O–H groups in total. The van der Waals surface area contributed by atoms with Gasteiger partial charge in [0.1, 0.15) is 10.7 Å². The van der Waals surface area contributed by atoms with Gasteiger partial charge in [0.25, 0.3) is 10.0 Å². The van der Waals surface area contributed by atoms with Crippen molar-refractivity contribution in [2.24, 2.45) is 5.14 Å². The van der Waals surface area contributed by atoms with Crippen LogP contribution in [0.4, 0.5) is 10.1 Å². The highest BCUT2D eigenvalue weighted by Crippen LogP contribution is 2.21. The van der Waals surface area contributed by atoms with Crippen LogP contribution in [0.15, 0.2) is 52.3 Å². The lowest BCUT2D eigenvalue weighted by molar-refractivity contribution is 0.0696. The Morgan fingerprint density at radius 1 is 1.04 bits per heavy atom. The molecule has 0 saturated heterocycles. The molecule has 128 valence electrons. The van der Waals surface area contributed by atoms with Crippen LogP contribution in [-0.2, 0) is 20.0 Å². The third kappa shape index (κ3) is 3.88. The minimum Gasteiger partial charge on any atom is -0.478 e. The molecule has 2 rings (SSSR count). The van der Waals surface area contributed by atoms with Crippen LogP contribution in [-0.4, -0.2) is 27.9 Å². The van der Waals surface area contributed by atoms with Crippen LogP contribution >= 0.6 is 0 Å². The third-order valence-electron chi connectivity index (χ3n) is 2.90. The van der Waals surface area contributed by atoms with Gasteiger partial charge in [0.05, 0.1) is 10.5 Å². The predicted molar refractivity (Wildman–Crippen MR) is 82.0 cm³/mol. The maximum atomic E-state index is 13.7. The lowest BCUT2D eigenvalue weighted by Crippen LogP contribution is -2.16. The summed E-state index contributed by atoms with van der Waals surface area (Å²) in [6.07, 6.45) is 0. The van der Waals surface area contributed by atoms with Crippen molar-refractivity contribution in [2.75, 3.05) is 4.72 Å². The first-order valence-electron chi connectivity index (χ1n) is 6.19. The normalized spacial score (nSPS) is 11.9. The molecule has 2 aromatic carbocycles. The van der Waals surface area contributed by atoms with Crippen LogP contribution in [0.5, 0.6) is 0 Å². The van der Waals surface area contributed by atoms with E-state index in [1.165, 1.54) is 0 Å². The molecule has 0 radical (unpaired) electrons. The number of anilines is 1. The second-order valence-corrected chi connectivity index (χ2v) is 7.84. The summed E-state index contributed by atoms with van der Waals surface area (Å²) in [5.74, 6) is -2.54. The van der Waals surface area contributed by atoms with Crippen molar-refractivity contribution in [3.8, 4) is 0 Å². The van der Waals surface area contributed by atoms with Gasteiger partial charge in [-0.05, 0) is 42.5 Å². The number of carboxylic acids is 1. The van der Waals surface area contributed by atoms with Gasteiger partial charge >= 0.3 is 5.97 Å². The number of halogens is 1. The fourth-order valence-electron chi connectivity index (χ4n) is 1.77. The van der Waals surface area contributed by atoms with E-state index in [1.807, 2.05) is 4.72 Å². The van der Waals surface area contributed by atoms with E-state index in [-0.39, 0.29) is 10.6 Å². The lowest BCUT2D eigenvalue weighted by Gasteiger charge is -2.10. The molecule has 2 aromatic rings. The van der Waals surface area contributed by atoms with Crippen LogP contribution < -0.4 is 9.86 Å². The van der Waals surface area contributed by atoms with E-state index < -0.39 is 42.3 Å². The van der Waals surface area contributed by atoms with Gasteiger partial charge in [-0.15, -0.1) is 0 Å². The zero-order valence-electron chi connectivity index (χ0n) is 11.8. The molecule has 0 heterocycles. The summed E-state index contributed by atoms with van der Waals surface area (Å²) in [6, 6.07) is 6.71. The number of benzene rings is 2. The molecule has 0 bridgehead atoms. The highest BCUT2D eigenvalue weighted by molar-refractivity contribution is 7.92. The molecule has 0 atom stereocenters. The first-order valence-corrected chi connectivity index (χ1v) is 9.22. The molecule has 0 aromatic heterocycles. The van der Waals surface area contributed by atoms with E-state index in [9.17, 15) is 26.0 Å². The molecule has 8 nitrogen and oxygen atoms in total. The van der Waals surface area contributed by atoms with Crippen LogP contribution in [0.25, 0.3) is 0 Å². The number of hydrogen-bond acceptors (Lipinski definition) is 5. The van der Waals surface area contributed by atoms with Crippen molar-refractivity contribution in [1.29, 1.82) is 0 Å². The average molecular weight is 374 g/mol. The van der Waals surface area contributed by atoms with Crippen LogP contribution in [0.3, 0.4) is 0 Å². The standard InChI is InChI=1S/C13H11FN2O6S2/c14-11-6-1-8(13(17)18)7-12(11)24(21,22)16-9-2-4-10(5-3-9)23(15,19)20/h1-7,16H,(H,17,18)(H2,15,19,20). The molecule has 0 aliphatic rings. The minimum atomic E-state index is -4.42. The second-order valence-electron chi connectivity index (χ2n) is 4.63. The maximum Gasteiger partial charge on any atom is 0.335 e. The van der Waals surface area contributed by atoms with Gasteiger partial charge in [-0.2, -0.15) is 0 Å². The summed E-state index contributed by atoms with van der Waals surface area (Å²) in [4.78, 5) is 9.79. The fourth-order valence-corrected chi connectivity index (χ4v) is 3.44. The Morgan fingerprint density at radius 2 is 1.62 bits per heavy atom. The first kappa shape index (κ1) is 17.8. The number of rotatable bonds is 5. The summed E-state index contributed by atoms with van der Waals surface area (Å²) in [5.41, 5.74) is -0.455. The Labute approximate surface area is 136 Å². The van der Waals surface area contributed by atoms with Crippen LogP contribution in [0.1, 0.15) is 10.4 Å². The maximum absolute atomic E-state index is 13.7. The van der Waals surface area contributed by atoms with E-state index in [2.05, 4.69) is 0 Å². The second kappa shape index (κ2) is 6.19. The Hall–Kier alpha value is -2.50. The highest BCUT2D eigenvalue weighted by atomic mass is 32.2. The predicted octanol–water partition coefficient (Wildman–Crippen LogP) is 0.972. The SMILES string of the molecule is NS(=O)(=O)c1ccc(NS(=O)(=O)c2cc(C(=O)O)ccc2F)cc1. The van der Waals surface area contributed by atoms with E-state index >= 15 is 0 Å². The molecule has 0 aliphatic carbocycles. The van der Waals surface area contributed by atoms with Gasteiger partial charge in [0, 0.05) is 5.69 Å². The van der Waals surface area contributed by atoms with Crippen LogP contribution in [0.2, 0.25) is 0 Å². The molecule has 0 aliphatic heterocycles. The number of hydrogen-bond donors (Lipinski definition) is 3. The monoisotopic (exact) mass is 374 g/mol. The van der Waals surface area contributed by atoms with Gasteiger partial charge in [-0.3, -0.25) is 4.72 Å². The quantitative estimate of drug-likeness (QED) is 0.711. The third-order valence-corrected chi connectivity index (χ3v) is 5.23. The molecular formula is C13H11FN2O6S2. The van der Waals surface area contributed by atoms with Gasteiger partial charge in [0.15, 0.2) is 0 Å². The Bertz CT molecular complexity index is 1000. The molecule has 0 spiro atoms. The smallest absolute Gasteiger partial charge is 0.335 e. The van der Waals surface area contributed by atoms with Crippen molar-refractivity contribution >= 4 is 31.7 Å². The number of carboxylic acid groups (broad SMARTS) is 1. The molecule has 0 amide bonds. The molecule has 0 fully saturated rings.